The lowest BCUT2D eigenvalue weighted by atomic mass is 10.1. The van der Waals surface area contributed by atoms with Crippen LogP contribution in [0.3, 0.4) is 0 Å². The second-order valence-electron chi connectivity index (χ2n) is 5.95. The Balaban J connectivity index is 1.52. The summed E-state index contributed by atoms with van der Waals surface area (Å²) in [6.07, 6.45) is 2.55. The molecule has 130 valence electrons. The molecule has 0 radical (unpaired) electrons. The lowest BCUT2D eigenvalue weighted by molar-refractivity contribution is 0.0973. The fourth-order valence-corrected chi connectivity index (χ4v) is 2.94. The standard InChI is InChI=1S/C21H16O5/c22-17(14-5-2-1-3-6-14)7-4-11-25-21-15-8-9-20(23)26-19(15)13-18-16(21)10-12-24-18/h1-3,5-6,8-10,12-13H,4,7,11H2. The Morgan fingerprint density at radius 1 is 0.962 bits per heavy atom. The minimum atomic E-state index is -0.428. The van der Waals surface area contributed by atoms with Crippen LogP contribution in [0.1, 0.15) is 23.2 Å². The Kier molecular flexibility index (Phi) is 4.27. The third-order valence-electron chi connectivity index (χ3n) is 4.20. The van der Waals surface area contributed by atoms with Crippen LogP contribution < -0.4 is 10.4 Å². The number of fused-ring (bicyclic) bond motifs is 2. The maximum absolute atomic E-state index is 12.2. The van der Waals surface area contributed by atoms with Gasteiger partial charge in [-0.15, -0.1) is 0 Å². The van der Waals surface area contributed by atoms with Crippen molar-refractivity contribution in [2.75, 3.05) is 6.61 Å². The zero-order valence-corrected chi connectivity index (χ0v) is 13.9. The van der Waals surface area contributed by atoms with Gasteiger partial charge in [-0.1, -0.05) is 30.3 Å². The van der Waals surface area contributed by atoms with Gasteiger partial charge in [0.05, 0.1) is 23.6 Å². The van der Waals surface area contributed by atoms with E-state index in [-0.39, 0.29) is 5.78 Å². The predicted octanol–water partition coefficient (Wildman–Crippen LogP) is 4.58. The molecule has 2 aromatic heterocycles. The van der Waals surface area contributed by atoms with Gasteiger partial charge in [-0.2, -0.15) is 0 Å². The SMILES string of the molecule is O=C(CCCOc1c2ccoc2cc2oc(=O)ccc12)c1ccccc1. The number of carbonyl (C=O) groups is 1. The van der Waals surface area contributed by atoms with Crippen LogP contribution in [0, 0.1) is 0 Å². The quantitative estimate of drug-likeness (QED) is 0.290. The zero-order valence-electron chi connectivity index (χ0n) is 13.9. The lowest BCUT2D eigenvalue weighted by Crippen LogP contribution is -2.04. The molecule has 0 fully saturated rings. The minimum absolute atomic E-state index is 0.0894. The molecular formula is C21H16O5. The summed E-state index contributed by atoms with van der Waals surface area (Å²) < 4.78 is 16.6. The summed E-state index contributed by atoms with van der Waals surface area (Å²) in [6.45, 7) is 0.372. The molecule has 0 aliphatic rings. The Morgan fingerprint density at radius 2 is 1.77 bits per heavy atom. The molecule has 4 aromatic rings. The number of Topliss-reactive ketones (excluding diaryl/α,β-unsaturated/α-hetero) is 1. The summed E-state index contributed by atoms with van der Waals surface area (Å²) in [5.41, 5.74) is 1.27. The van der Waals surface area contributed by atoms with Crippen LogP contribution in [0.4, 0.5) is 0 Å². The van der Waals surface area contributed by atoms with Crippen molar-refractivity contribution in [3.63, 3.8) is 0 Å². The van der Waals surface area contributed by atoms with Crippen LogP contribution >= 0.6 is 0 Å². The number of hydrogen-bond acceptors (Lipinski definition) is 5. The number of ketones is 1. The monoisotopic (exact) mass is 348 g/mol. The molecule has 2 heterocycles. The Morgan fingerprint density at radius 3 is 2.62 bits per heavy atom. The van der Waals surface area contributed by atoms with Crippen molar-refractivity contribution in [3.8, 4) is 5.75 Å². The van der Waals surface area contributed by atoms with Crippen molar-refractivity contribution in [2.45, 2.75) is 12.8 Å². The van der Waals surface area contributed by atoms with E-state index in [9.17, 15) is 9.59 Å². The van der Waals surface area contributed by atoms with Crippen LogP contribution in [0.2, 0.25) is 0 Å². The molecule has 0 saturated heterocycles. The average molecular weight is 348 g/mol. The molecule has 2 aromatic carbocycles. The summed E-state index contributed by atoms with van der Waals surface area (Å²) in [5, 5.41) is 1.51. The maximum Gasteiger partial charge on any atom is 0.336 e. The van der Waals surface area contributed by atoms with Gasteiger partial charge in [0.25, 0.3) is 0 Å². The van der Waals surface area contributed by atoms with E-state index in [1.165, 1.54) is 6.07 Å². The fourth-order valence-electron chi connectivity index (χ4n) is 2.94. The summed E-state index contributed by atoms with van der Waals surface area (Å²) in [7, 11) is 0. The Labute approximate surface area is 148 Å². The third-order valence-corrected chi connectivity index (χ3v) is 4.20. The zero-order chi connectivity index (χ0) is 17.9. The first-order chi connectivity index (χ1) is 12.7. The molecule has 4 rings (SSSR count). The molecule has 0 aliphatic carbocycles. The van der Waals surface area contributed by atoms with E-state index >= 15 is 0 Å². The molecule has 0 amide bonds. The lowest BCUT2D eigenvalue weighted by Gasteiger charge is -2.10. The van der Waals surface area contributed by atoms with Gasteiger partial charge >= 0.3 is 5.63 Å². The van der Waals surface area contributed by atoms with Crippen molar-refractivity contribution in [1.82, 2.24) is 0 Å². The van der Waals surface area contributed by atoms with E-state index in [1.807, 2.05) is 36.4 Å². The van der Waals surface area contributed by atoms with Gasteiger partial charge in [-0.25, -0.2) is 4.79 Å². The summed E-state index contributed by atoms with van der Waals surface area (Å²) in [5.74, 6) is 0.689. The van der Waals surface area contributed by atoms with E-state index < -0.39 is 5.63 Å². The molecule has 0 aliphatic heterocycles. The van der Waals surface area contributed by atoms with Crippen LogP contribution in [-0.2, 0) is 0 Å². The predicted molar refractivity (Wildman–Crippen MR) is 97.8 cm³/mol. The van der Waals surface area contributed by atoms with Crippen molar-refractivity contribution in [1.29, 1.82) is 0 Å². The summed E-state index contributed by atoms with van der Waals surface area (Å²) in [6, 6.07) is 15.7. The van der Waals surface area contributed by atoms with E-state index in [0.717, 1.165) is 5.39 Å². The number of rotatable bonds is 6. The van der Waals surface area contributed by atoms with E-state index in [4.69, 9.17) is 13.6 Å². The van der Waals surface area contributed by atoms with Crippen LogP contribution in [-0.4, -0.2) is 12.4 Å². The molecule has 5 heteroatoms. The highest BCUT2D eigenvalue weighted by Crippen LogP contribution is 2.35. The van der Waals surface area contributed by atoms with Gasteiger partial charge in [0.1, 0.15) is 16.9 Å². The molecule has 0 saturated carbocycles. The second kappa shape index (κ2) is 6.88. The first kappa shape index (κ1) is 16.1. The van der Waals surface area contributed by atoms with Gasteiger partial charge in [0.2, 0.25) is 0 Å². The smallest absolute Gasteiger partial charge is 0.336 e. The molecule has 0 N–H and O–H groups in total. The topological polar surface area (TPSA) is 69.7 Å². The molecule has 0 bridgehead atoms. The van der Waals surface area contributed by atoms with Gasteiger partial charge in [0, 0.05) is 24.1 Å². The summed E-state index contributed by atoms with van der Waals surface area (Å²) in [4.78, 5) is 23.6. The molecule has 5 nitrogen and oxygen atoms in total. The van der Waals surface area contributed by atoms with Crippen molar-refractivity contribution in [3.05, 3.63) is 76.8 Å². The largest absolute Gasteiger partial charge is 0.492 e. The number of benzene rings is 2. The normalized spacial score (nSPS) is 11.1. The molecule has 26 heavy (non-hydrogen) atoms. The Bertz CT molecular complexity index is 1120. The van der Waals surface area contributed by atoms with Gasteiger partial charge in [-0.05, 0) is 18.6 Å². The van der Waals surface area contributed by atoms with Gasteiger partial charge in [0.15, 0.2) is 5.78 Å². The highest BCUT2D eigenvalue weighted by molar-refractivity contribution is 6.01. The third kappa shape index (κ3) is 3.11. The summed E-state index contributed by atoms with van der Waals surface area (Å²) >= 11 is 0. The highest BCUT2D eigenvalue weighted by Gasteiger charge is 2.13. The molecule has 0 spiro atoms. The van der Waals surface area contributed by atoms with Crippen molar-refractivity contribution < 1.29 is 18.4 Å². The minimum Gasteiger partial charge on any atom is -0.492 e. The fraction of sp³-hybridized carbons (Fsp3) is 0.143. The Hall–Kier alpha value is -3.34. The van der Waals surface area contributed by atoms with Crippen LogP contribution in [0.25, 0.3) is 21.9 Å². The number of carbonyl (C=O) groups excluding carboxylic acids is 1. The average Bonchev–Trinajstić information content (AvgIpc) is 3.12. The van der Waals surface area contributed by atoms with E-state index in [0.29, 0.717) is 47.3 Å². The van der Waals surface area contributed by atoms with Gasteiger partial charge < -0.3 is 13.6 Å². The first-order valence-electron chi connectivity index (χ1n) is 8.37. The van der Waals surface area contributed by atoms with E-state index in [1.54, 1.807) is 18.4 Å². The molecule has 0 atom stereocenters. The maximum atomic E-state index is 12.2. The van der Waals surface area contributed by atoms with Gasteiger partial charge in [-0.3, -0.25) is 4.79 Å². The number of furan rings is 1. The molecular weight excluding hydrogens is 332 g/mol. The van der Waals surface area contributed by atoms with E-state index in [2.05, 4.69) is 0 Å². The first-order valence-corrected chi connectivity index (χ1v) is 8.37. The second-order valence-corrected chi connectivity index (χ2v) is 5.95. The van der Waals surface area contributed by atoms with Crippen LogP contribution in [0.15, 0.2) is 74.5 Å². The highest BCUT2D eigenvalue weighted by atomic mass is 16.5. The number of ether oxygens (including phenoxy) is 1. The van der Waals surface area contributed by atoms with Crippen LogP contribution in [0.5, 0.6) is 5.75 Å². The van der Waals surface area contributed by atoms with Crippen molar-refractivity contribution in [2.24, 2.45) is 0 Å². The number of hydrogen-bond donors (Lipinski definition) is 0. The molecule has 0 unspecified atom stereocenters. The van der Waals surface area contributed by atoms with Crippen molar-refractivity contribution >= 4 is 27.7 Å².